The average molecular weight is 413 g/mol. The summed E-state index contributed by atoms with van der Waals surface area (Å²) < 4.78 is 25.9. The Labute approximate surface area is 170 Å². The summed E-state index contributed by atoms with van der Waals surface area (Å²) in [6, 6.07) is 14.6. The van der Waals surface area contributed by atoms with Gasteiger partial charge in [0.15, 0.2) is 0 Å². The summed E-state index contributed by atoms with van der Waals surface area (Å²) in [5.41, 5.74) is 3.83. The zero-order chi connectivity index (χ0) is 20.9. The number of nitrogens with one attached hydrogen (secondary N) is 3. The lowest BCUT2D eigenvalue weighted by Crippen LogP contribution is -2.30. The van der Waals surface area contributed by atoms with Gasteiger partial charge in [0.05, 0.1) is 17.0 Å². The minimum atomic E-state index is -3.34. The molecule has 152 valence electrons. The van der Waals surface area contributed by atoms with Crippen LogP contribution < -0.4 is 15.4 Å². The molecular weight excluding hydrogens is 388 g/mol. The van der Waals surface area contributed by atoms with Gasteiger partial charge in [0.25, 0.3) is 0 Å². The van der Waals surface area contributed by atoms with Gasteiger partial charge in [-0.1, -0.05) is 24.3 Å². The van der Waals surface area contributed by atoms with Crippen LogP contribution in [0.3, 0.4) is 0 Å². The zero-order valence-electron chi connectivity index (χ0n) is 16.4. The number of amides is 2. The van der Waals surface area contributed by atoms with Gasteiger partial charge in [-0.3, -0.25) is 9.71 Å². The van der Waals surface area contributed by atoms with E-state index in [1.165, 1.54) is 0 Å². The summed E-state index contributed by atoms with van der Waals surface area (Å²) in [5.74, 6) is 0.00106. The lowest BCUT2D eigenvalue weighted by molar-refractivity contribution is 0.252. The van der Waals surface area contributed by atoms with E-state index < -0.39 is 10.0 Å². The molecule has 7 nitrogen and oxygen atoms in total. The van der Waals surface area contributed by atoms with E-state index in [1.54, 1.807) is 38.2 Å². The van der Waals surface area contributed by atoms with Crippen LogP contribution in [0.2, 0.25) is 0 Å². The quantitative estimate of drug-likeness (QED) is 0.551. The van der Waals surface area contributed by atoms with Gasteiger partial charge < -0.3 is 10.6 Å². The van der Waals surface area contributed by atoms with Crippen LogP contribution in [0.1, 0.15) is 18.1 Å². The number of hydrogen-bond acceptors (Lipinski definition) is 4. The summed E-state index contributed by atoms with van der Waals surface area (Å²) in [7, 11) is -3.34. The molecule has 2 aromatic carbocycles. The lowest BCUT2D eigenvalue weighted by Gasteiger charge is -2.12. The molecule has 0 fully saturated rings. The van der Waals surface area contributed by atoms with Crippen molar-refractivity contribution in [3.05, 3.63) is 65.9 Å². The first-order chi connectivity index (χ1) is 13.9. The maximum Gasteiger partial charge on any atom is 0.319 e. The number of aromatic nitrogens is 1. The minimum absolute atomic E-state index is 0.00106. The molecule has 0 aliphatic carbocycles. The average Bonchev–Trinajstić information content (AvgIpc) is 2.70. The number of para-hydroxylation sites is 1. The van der Waals surface area contributed by atoms with Crippen LogP contribution in [0, 0.1) is 6.92 Å². The fraction of sp³-hybridized carbons (Fsp3) is 0.238. The predicted octanol–water partition coefficient (Wildman–Crippen LogP) is 3.67. The predicted molar refractivity (Wildman–Crippen MR) is 117 cm³/mol. The molecule has 2 amide bonds. The maximum absolute atomic E-state index is 12.2. The van der Waals surface area contributed by atoms with Gasteiger partial charge in [0, 0.05) is 23.8 Å². The lowest BCUT2D eigenvalue weighted by atomic mass is 10.1. The topological polar surface area (TPSA) is 100 Å². The minimum Gasteiger partial charge on any atom is -0.338 e. The van der Waals surface area contributed by atoms with Crippen LogP contribution in [0.25, 0.3) is 10.9 Å². The highest BCUT2D eigenvalue weighted by Gasteiger charge is 2.10. The van der Waals surface area contributed by atoms with Crippen molar-refractivity contribution in [2.45, 2.75) is 20.3 Å². The van der Waals surface area contributed by atoms with Crippen molar-refractivity contribution in [2.24, 2.45) is 0 Å². The molecule has 1 heterocycles. The highest BCUT2D eigenvalue weighted by atomic mass is 32.2. The van der Waals surface area contributed by atoms with Gasteiger partial charge in [0.1, 0.15) is 0 Å². The summed E-state index contributed by atoms with van der Waals surface area (Å²) in [4.78, 5) is 16.6. The van der Waals surface area contributed by atoms with Crippen molar-refractivity contribution in [3.8, 4) is 0 Å². The summed E-state index contributed by atoms with van der Waals surface area (Å²) in [5, 5.41) is 6.68. The molecule has 0 spiro atoms. The van der Waals surface area contributed by atoms with Gasteiger partial charge in [-0.2, -0.15) is 0 Å². The largest absolute Gasteiger partial charge is 0.338 e. The fourth-order valence-corrected chi connectivity index (χ4v) is 3.66. The molecule has 29 heavy (non-hydrogen) atoms. The van der Waals surface area contributed by atoms with Crippen molar-refractivity contribution in [2.75, 3.05) is 22.3 Å². The Bertz CT molecular complexity index is 1120. The first kappa shape index (κ1) is 20.6. The van der Waals surface area contributed by atoms with Gasteiger partial charge >= 0.3 is 6.03 Å². The number of carbonyl (C=O) groups is 1. The molecule has 3 rings (SSSR count). The molecule has 0 atom stereocenters. The summed E-state index contributed by atoms with van der Waals surface area (Å²) in [6.07, 6.45) is 2.43. The number of carbonyl (C=O) groups excluding carboxylic acids is 1. The van der Waals surface area contributed by atoms with Gasteiger partial charge in [0.2, 0.25) is 10.0 Å². The second-order valence-corrected chi connectivity index (χ2v) is 8.67. The highest BCUT2D eigenvalue weighted by Crippen LogP contribution is 2.21. The fourth-order valence-electron chi connectivity index (χ4n) is 2.95. The number of sulfonamides is 1. The number of fused-ring (bicyclic) bond motifs is 1. The second-order valence-electron chi connectivity index (χ2n) is 6.66. The molecule has 1 aromatic heterocycles. The molecule has 3 N–H and O–H groups in total. The van der Waals surface area contributed by atoms with E-state index >= 15 is 0 Å². The van der Waals surface area contributed by atoms with Crippen molar-refractivity contribution in [3.63, 3.8) is 0 Å². The number of aryl methyl sites for hydroxylation is 1. The van der Waals surface area contributed by atoms with E-state index in [0.717, 1.165) is 22.0 Å². The standard InChI is InChI=1S/C21H24N4O3S/c1-3-29(27,28)25-19-10-9-18(14-15(19)2)24-21(26)23-13-11-17-7-4-6-16-8-5-12-22-20(16)17/h4-10,12,14,25H,3,11,13H2,1-2H3,(H2,23,24,26). The van der Waals surface area contributed by atoms with E-state index in [-0.39, 0.29) is 11.8 Å². The molecule has 3 aromatic rings. The van der Waals surface area contributed by atoms with E-state index in [9.17, 15) is 13.2 Å². The highest BCUT2D eigenvalue weighted by molar-refractivity contribution is 7.92. The zero-order valence-corrected chi connectivity index (χ0v) is 17.2. The third-order valence-electron chi connectivity index (χ3n) is 4.53. The van der Waals surface area contributed by atoms with Crippen molar-refractivity contribution in [1.29, 1.82) is 0 Å². The Balaban J connectivity index is 1.56. The Morgan fingerprint density at radius 3 is 2.66 bits per heavy atom. The third kappa shape index (κ3) is 5.45. The first-order valence-electron chi connectivity index (χ1n) is 9.36. The monoisotopic (exact) mass is 412 g/mol. The van der Waals surface area contributed by atoms with E-state index in [0.29, 0.717) is 24.3 Å². The van der Waals surface area contributed by atoms with Crippen molar-refractivity contribution < 1.29 is 13.2 Å². The normalized spacial score (nSPS) is 11.2. The van der Waals surface area contributed by atoms with Crippen molar-refractivity contribution >= 4 is 38.3 Å². The van der Waals surface area contributed by atoms with E-state index in [2.05, 4.69) is 20.3 Å². The molecule has 8 heteroatoms. The molecule has 0 saturated heterocycles. The third-order valence-corrected chi connectivity index (χ3v) is 5.82. The summed E-state index contributed by atoms with van der Waals surface area (Å²) >= 11 is 0. The molecule has 0 radical (unpaired) electrons. The van der Waals surface area contributed by atoms with Crippen molar-refractivity contribution in [1.82, 2.24) is 10.3 Å². The number of pyridine rings is 1. The van der Waals surface area contributed by atoms with Crippen LogP contribution in [0.5, 0.6) is 0 Å². The SMILES string of the molecule is CCS(=O)(=O)Nc1ccc(NC(=O)NCCc2cccc3cccnc23)cc1C. The van der Waals surface area contributed by atoms with Crippen LogP contribution in [0.4, 0.5) is 16.2 Å². The number of urea groups is 1. The molecule has 0 aliphatic rings. The Morgan fingerprint density at radius 2 is 1.90 bits per heavy atom. The Kier molecular flexibility index (Phi) is 6.33. The van der Waals surface area contributed by atoms with Gasteiger partial charge in [-0.05, 0) is 55.7 Å². The van der Waals surface area contributed by atoms with Crippen LogP contribution in [-0.2, 0) is 16.4 Å². The number of rotatable bonds is 7. The van der Waals surface area contributed by atoms with Crippen LogP contribution in [0.15, 0.2) is 54.7 Å². The molecule has 0 saturated carbocycles. The van der Waals surface area contributed by atoms with Gasteiger partial charge in [-0.25, -0.2) is 13.2 Å². The first-order valence-corrected chi connectivity index (χ1v) is 11.0. The molecular formula is C21H24N4O3S. The Hall–Kier alpha value is -3.13. The smallest absolute Gasteiger partial charge is 0.319 e. The van der Waals surface area contributed by atoms with E-state index in [1.807, 2.05) is 30.3 Å². The van der Waals surface area contributed by atoms with Crippen LogP contribution in [-0.4, -0.2) is 31.7 Å². The Morgan fingerprint density at radius 1 is 1.10 bits per heavy atom. The number of anilines is 2. The maximum atomic E-state index is 12.2. The number of benzene rings is 2. The van der Waals surface area contributed by atoms with Gasteiger partial charge in [-0.15, -0.1) is 0 Å². The number of nitrogens with zero attached hydrogens (tertiary/aromatic N) is 1. The molecule has 0 aliphatic heterocycles. The molecule has 0 bridgehead atoms. The molecule has 0 unspecified atom stereocenters. The van der Waals surface area contributed by atoms with Crippen LogP contribution >= 0.6 is 0 Å². The number of hydrogen-bond donors (Lipinski definition) is 3. The second kappa shape index (κ2) is 8.91. The van der Waals surface area contributed by atoms with E-state index in [4.69, 9.17) is 0 Å². The summed E-state index contributed by atoms with van der Waals surface area (Å²) in [6.45, 7) is 3.82.